The summed E-state index contributed by atoms with van der Waals surface area (Å²) in [4.78, 5) is 60.8. The normalized spacial score (nSPS) is 22.5. The second-order valence-corrected chi connectivity index (χ2v) is 12.1. The van der Waals surface area contributed by atoms with Crippen LogP contribution in [0.25, 0.3) is 0 Å². The van der Waals surface area contributed by atoms with Crippen molar-refractivity contribution in [1.29, 1.82) is 0 Å². The van der Waals surface area contributed by atoms with Crippen molar-refractivity contribution < 1.29 is 29.0 Å². The molecule has 11 nitrogen and oxygen atoms in total. The zero-order valence-electron chi connectivity index (χ0n) is 25.6. The molecule has 2 fully saturated rings. The summed E-state index contributed by atoms with van der Waals surface area (Å²) in [7, 11) is 5.69. The topological polar surface area (TPSA) is 114 Å². The minimum Gasteiger partial charge on any atom is -0.493 e. The third-order valence-electron chi connectivity index (χ3n) is 8.85. The van der Waals surface area contributed by atoms with Crippen molar-refractivity contribution in [3.8, 4) is 5.75 Å². The average molecular weight is 586 g/mol. The highest BCUT2D eigenvalue weighted by Gasteiger charge is 2.48. The van der Waals surface area contributed by atoms with E-state index in [9.17, 15) is 24.3 Å². The zero-order valence-corrected chi connectivity index (χ0v) is 25.6. The van der Waals surface area contributed by atoms with Crippen molar-refractivity contribution in [3.05, 3.63) is 29.3 Å². The van der Waals surface area contributed by atoms with Crippen LogP contribution in [0.2, 0.25) is 0 Å². The molecular weight excluding hydrogens is 538 g/mol. The summed E-state index contributed by atoms with van der Waals surface area (Å²) in [5, 5.41) is 10.5. The third kappa shape index (κ3) is 7.42. The maximum atomic E-state index is 13.7. The van der Waals surface area contributed by atoms with Gasteiger partial charge in [-0.15, -0.1) is 0 Å². The van der Waals surface area contributed by atoms with Gasteiger partial charge in [-0.2, -0.15) is 0 Å². The summed E-state index contributed by atoms with van der Waals surface area (Å²) in [5.41, 5.74) is 1.99. The first-order valence-corrected chi connectivity index (χ1v) is 15.3. The van der Waals surface area contributed by atoms with Crippen molar-refractivity contribution in [1.82, 2.24) is 24.5 Å². The van der Waals surface area contributed by atoms with Gasteiger partial charge >= 0.3 is 12.0 Å². The number of amides is 4. The number of carbonyl (C=O) groups excluding carboxylic acids is 3. The van der Waals surface area contributed by atoms with Crippen molar-refractivity contribution in [2.75, 3.05) is 73.6 Å². The van der Waals surface area contributed by atoms with E-state index in [1.165, 1.54) is 9.80 Å². The average Bonchev–Trinajstić information content (AvgIpc) is 3.56. The SMILES string of the molecule is CCCCN(CCCN(C)C)C(=O)CN1C[C@H](c2ccc3c(c2)CCO3)[C@@H](C(=O)O)[C@@H]1CCN1C(=O)CCN(C)C1=O. The maximum absolute atomic E-state index is 13.7. The van der Waals surface area contributed by atoms with Gasteiger partial charge in [-0.25, -0.2) is 4.79 Å². The Morgan fingerprint density at radius 2 is 1.86 bits per heavy atom. The van der Waals surface area contributed by atoms with E-state index in [2.05, 4.69) is 11.8 Å². The van der Waals surface area contributed by atoms with Crippen molar-refractivity contribution >= 4 is 23.8 Å². The van der Waals surface area contributed by atoms with E-state index < -0.39 is 17.9 Å². The first kappa shape index (κ1) is 31.7. The van der Waals surface area contributed by atoms with E-state index in [1.54, 1.807) is 7.05 Å². The molecule has 4 amide bonds. The fourth-order valence-corrected chi connectivity index (χ4v) is 6.48. The number of ether oxygens (including phenoxy) is 1. The Balaban J connectivity index is 1.58. The van der Waals surface area contributed by atoms with Gasteiger partial charge in [0.25, 0.3) is 0 Å². The van der Waals surface area contributed by atoms with Gasteiger partial charge in [0, 0.05) is 64.6 Å². The molecule has 232 valence electrons. The van der Waals surface area contributed by atoms with Crippen LogP contribution < -0.4 is 4.74 Å². The van der Waals surface area contributed by atoms with Crippen molar-refractivity contribution in [2.24, 2.45) is 5.92 Å². The van der Waals surface area contributed by atoms with Crippen LogP contribution in [0.3, 0.4) is 0 Å². The molecule has 4 rings (SSSR count). The van der Waals surface area contributed by atoms with Crippen LogP contribution in [0.5, 0.6) is 5.75 Å². The number of benzene rings is 1. The van der Waals surface area contributed by atoms with Crippen LogP contribution in [0, 0.1) is 5.92 Å². The van der Waals surface area contributed by atoms with E-state index in [4.69, 9.17) is 4.74 Å². The second kappa shape index (κ2) is 14.3. The van der Waals surface area contributed by atoms with Crippen LogP contribution in [-0.2, 0) is 20.8 Å². The molecule has 42 heavy (non-hydrogen) atoms. The molecule has 3 heterocycles. The number of rotatable bonds is 14. The number of carbonyl (C=O) groups is 4. The van der Waals surface area contributed by atoms with Gasteiger partial charge < -0.3 is 24.5 Å². The Morgan fingerprint density at radius 1 is 1.10 bits per heavy atom. The molecule has 3 aliphatic rings. The second-order valence-electron chi connectivity index (χ2n) is 12.1. The molecule has 0 saturated carbocycles. The van der Waals surface area contributed by atoms with E-state index in [0.717, 1.165) is 49.1 Å². The van der Waals surface area contributed by atoms with E-state index in [0.29, 0.717) is 32.8 Å². The summed E-state index contributed by atoms with van der Waals surface area (Å²) >= 11 is 0. The number of carboxylic acids is 1. The standard InChI is InChI=1S/C31H47N5O6/c1-5-6-14-34(15-7-13-32(2)3)28(38)21-35-20-24(22-8-9-26-23(19-22)12-18-42-26)29(30(39)40)25(35)10-17-36-27(37)11-16-33(4)31(36)41/h8-9,19,24-25,29H,5-7,10-18,20-21H2,1-4H3,(H,39,40)/t24-,25+,29-/m1/s1. The van der Waals surface area contributed by atoms with E-state index in [1.807, 2.05) is 42.1 Å². The van der Waals surface area contributed by atoms with Gasteiger partial charge in [0.05, 0.1) is 19.1 Å². The molecule has 0 aromatic heterocycles. The molecule has 0 spiro atoms. The third-order valence-corrected chi connectivity index (χ3v) is 8.85. The Kier molecular flexibility index (Phi) is 10.8. The zero-order chi connectivity index (χ0) is 30.4. The lowest BCUT2D eigenvalue weighted by Crippen LogP contribution is -2.52. The molecule has 3 atom stereocenters. The summed E-state index contributed by atoms with van der Waals surface area (Å²) in [6, 6.07) is 5.03. The molecular formula is C31H47N5O6. The highest BCUT2D eigenvalue weighted by atomic mass is 16.5. The van der Waals surface area contributed by atoms with Gasteiger partial charge in [-0.05, 0) is 57.1 Å². The van der Waals surface area contributed by atoms with Crippen molar-refractivity contribution in [2.45, 2.75) is 57.4 Å². The molecule has 1 aromatic rings. The lowest BCUT2D eigenvalue weighted by molar-refractivity contribution is -0.144. The highest BCUT2D eigenvalue weighted by Crippen LogP contribution is 2.41. The molecule has 2 saturated heterocycles. The number of aliphatic carboxylic acids is 1. The Hall–Kier alpha value is -3.18. The molecule has 0 unspecified atom stereocenters. The molecule has 0 bridgehead atoms. The number of imide groups is 1. The number of likely N-dealkylation sites (tertiary alicyclic amines) is 1. The Labute approximate surface area is 249 Å². The minimum absolute atomic E-state index is 0.00999. The predicted molar refractivity (Wildman–Crippen MR) is 159 cm³/mol. The summed E-state index contributed by atoms with van der Waals surface area (Å²) in [6.45, 7) is 5.92. The molecule has 0 radical (unpaired) electrons. The number of carboxylic acid groups (broad SMARTS) is 1. The number of hydrogen-bond acceptors (Lipinski definition) is 7. The number of nitrogens with zero attached hydrogens (tertiary/aromatic N) is 5. The van der Waals surface area contributed by atoms with E-state index in [-0.39, 0.29) is 49.7 Å². The Bertz CT molecular complexity index is 1140. The largest absolute Gasteiger partial charge is 0.493 e. The first-order valence-electron chi connectivity index (χ1n) is 15.3. The molecule has 11 heteroatoms. The summed E-state index contributed by atoms with van der Waals surface area (Å²) in [6.07, 6.45) is 4.05. The fourth-order valence-electron chi connectivity index (χ4n) is 6.48. The Morgan fingerprint density at radius 3 is 2.57 bits per heavy atom. The molecule has 0 aliphatic carbocycles. The highest BCUT2D eigenvalue weighted by molar-refractivity contribution is 5.96. The molecule has 1 aromatic carbocycles. The molecule has 3 aliphatic heterocycles. The van der Waals surface area contributed by atoms with Gasteiger partial charge in [-0.3, -0.25) is 24.2 Å². The summed E-state index contributed by atoms with van der Waals surface area (Å²) in [5.74, 6) is -1.47. The predicted octanol–water partition coefficient (Wildman–Crippen LogP) is 2.34. The van der Waals surface area contributed by atoms with Crippen LogP contribution >= 0.6 is 0 Å². The smallest absolute Gasteiger partial charge is 0.326 e. The lowest BCUT2D eigenvalue weighted by Gasteiger charge is -2.34. The monoisotopic (exact) mass is 585 g/mol. The van der Waals surface area contributed by atoms with Gasteiger partial charge in [0.1, 0.15) is 5.75 Å². The van der Waals surface area contributed by atoms with Crippen LogP contribution in [0.1, 0.15) is 56.1 Å². The summed E-state index contributed by atoms with van der Waals surface area (Å²) < 4.78 is 5.67. The van der Waals surface area contributed by atoms with Gasteiger partial charge in [0.15, 0.2) is 0 Å². The quantitative estimate of drug-likeness (QED) is 0.354. The van der Waals surface area contributed by atoms with E-state index >= 15 is 0 Å². The van der Waals surface area contributed by atoms with Gasteiger partial charge in [-0.1, -0.05) is 25.5 Å². The minimum atomic E-state index is -0.932. The van der Waals surface area contributed by atoms with Crippen molar-refractivity contribution in [3.63, 3.8) is 0 Å². The lowest BCUT2D eigenvalue weighted by atomic mass is 9.83. The number of hydrogen-bond donors (Lipinski definition) is 1. The fraction of sp³-hybridized carbons (Fsp3) is 0.677. The van der Waals surface area contributed by atoms with Crippen LogP contribution in [-0.4, -0.2) is 133 Å². The number of unbranched alkanes of at least 4 members (excludes halogenated alkanes) is 1. The maximum Gasteiger partial charge on any atom is 0.326 e. The van der Waals surface area contributed by atoms with Crippen LogP contribution in [0.4, 0.5) is 4.79 Å². The number of urea groups is 1. The molecule has 1 N–H and O–H groups in total. The first-order chi connectivity index (χ1) is 20.1. The van der Waals surface area contributed by atoms with Gasteiger partial charge in [0.2, 0.25) is 11.8 Å². The number of fused-ring (bicyclic) bond motifs is 1. The van der Waals surface area contributed by atoms with Crippen LogP contribution in [0.15, 0.2) is 18.2 Å².